The maximum absolute atomic E-state index is 11.0. The van der Waals surface area contributed by atoms with Gasteiger partial charge in [-0.15, -0.1) is 0 Å². The molecule has 1 aromatic carbocycles. The van der Waals surface area contributed by atoms with Crippen molar-refractivity contribution in [1.29, 1.82) is 0 Å². The molecule has 0 unspecified atom stereocenters. The van der Waals surface area contributed by atoms with Gasteiger partial charge < -0.3 is 20.1 Å². The van der Waals surface area contributed by atoms with Gasteiger partial charge in [0.2, 0.25) is 0 Å². The molecule has 6 heteroatoms. The molecule has 45 heavy (non-hydrogen) atoms. The van der Waals surface area contributed by atoms with Gasteiger partial charge in [-0.05, 0) is 168 Å². The van der Waals surface area contributed by atoms with E-state index in [1.54, 1.807) is 13.8 Å². The number of aliphatic carboxylic acids is 2. The third-order valence-electron chi connectivity index (χ3n) is 13.3. The third kappa shape index (κ3) is 7.91. The van der Waals surface area contributed by atoms with E-state index in [1.165, 1.54) is 50.5 Å². The van der Waals surface area contributed by atoms with Crippen LogP contribution >= 0.6 is 0 Å². The van der Waals surface area contributed by atoms with Crippen LogP contribution in [0.5, 0.6) is 5.75 Å². The van der Waals surface area contributed by atoms with Crippen molar-refractivity contribution < 1.29 is 29.6 Å². The first-order valence-corrected chi connectivity index (χ1v) is 17.9. The van der Waals surface area contributed by atoms with Gasteiger partial charge in [0.1, 0.15) is 5.75 Å². The minimum atomic E-state index is -0.755. The van der Waals surface area contributed by atoms with Crippen LogP contribution in [-0.2, 0) is 9.59 Å². The van der Waals surface area contributed by atoms with Crippen LogP contribution in [0, 0.1) is 65.6 Å². The highest BCUT2D eigenvalue weighted by Gasteiger charge is 2.60. The van der Waals surface area contributed by atoms with Crippen molar-refractivity contribution in [2.45, 2.75) is 138 Å². The molecule has 3 N–H and O–H groups in total. The molecule has 1 aromatic rings. The second-order valence-corrected chi connectivity index (χ2v) is 16.6. The van der Waals surface area contributed by atoms with Crippen molar-refractivity contribution in [3.05, 3.63) is 29.3 Å². The normalized spacial score (nSPS) is 34.8. The van der Waals surface area contributed by atoms with Crippen molar-refractivity contribution in [1.82, 2.24) is 0 Å². The zero-order valence-corrected chi connectivity index (χ0v) is 29.2. The molecule has 4 fully saturated rings. The van der Waals surface area contributed by atoms with Gasteiger partial charge in [0.25, 0.3) is 0 Å². The summed E-state index contributed by atoms with van der Waals surface area (Å²) in [7, 11) is 0. The number of aliphatic hydroxyl groups is 1. The van der Waals surface area contributed by atoms with E-state index >= 15 is 0 Å². The molecule has 0 saturated heterocycles. The highest BCUT2D eigenvalue weighted by Crippen LogP contribution is 2.68. The molecule has 4 saturated carbocycles. The quantitative estimate of drug-likeness (QED) is 0.224. The SMILES string of the molecule is C[C@H](CCC(=O)O)[C@H]1CC[C@H]2[C@@H]3CC[C@@H]4C[C@H](O)CC[C@]4(C)[C@H]3CC[C@]12C.Cc1ccc(C)c(OCCCC(C)(C)C(=O)O)c1. The zero-order valence-electron chi connectivity index (χ0n) is 29.2. The molecule has 0 radical (unpaired) electrons. The predicted molar refractivity (Wildman–Crippen MR) is 179 cm³/mol. The maximum Gasteiger partial charge on any atom is 0.309 e. The third-order valence-corrected chi connectivity index (χ3v) is 13.3. The average Bonchev–Trinajstić information content (AvgIpc) is 3.33. The Labute approximate surface area is 272 Å². The monoisotopic (exact) mass is 626 g/mol. The molecule has 0 aliphatic heterocycles. The van der Waals surface area contributed by atoms with Gasteiger partial charge >= 0.3 is 11.9 Å². The first kappa shape index (κ1) is 35.8. The Bertz CT molecular complexity index is 1180. The van der Waals surface area contributed by atoms with Crippen LogP contribution in [0.25, 0.3) is 0 Å². The molecular formula is C39H62O6. The Hall–Kier alpha value is -2.08. The van der Waals surface area contributed by atoms with Gasteiger partial charge in [0.05, 0.1) is 18.1 Å². The maximum atomic E-state index is 11.0. The van der Waals surface area contributed by atoms with Crippen LogP contribution in [0.4, 0.5) is 0 Å². The smallest absolute Gasteiger partial charge is 0.309 e. The molecule has 0 bridgehead atoms. The largest absolute Gasteiger partial charge is 0.493 e. The summed E-state index contributed by atoms with van der Waals surface area (Å²) in [6.45, 7) is 15.5. The Morgan fingerprint density at radius 3 is 2.36 bits per heavy atom. The average molecular weight is 627 g/mol. The summed E-state index contributed by atoms with van der Waals surface area (Å²) in [5.41, 5.74) is 2.48. The van der Waals surface area contributed by atoms with E-state index in [-0.39, 0.29) is 6.10 Å². The number of aliphatic hydroxyl groups excluding tert-OH is 1. The number of carboxylic acids is 2. The highest BCUT2D eigenvalue weighted by atomic mass is 16.5. The molecule has 9 atom stereocenters. The van der Waals surface area contributed by atoms with Crippen LogP contribution in [0.3, 0.4) is 0 Å². The number of carboxylic acid groups (broad SMARTS) is 2. The van der Waals surface area contributed by atoms with Crippen molar-refractivity contribution >= 4 is 11.9 Å². The fourth-order valence-electron chi connectivity index (χ4n) is 10.4. The van der Waals surface area contributed by atoms with Crippen molar-refractivity contribution in [3.63, 3.8) is 0 Å². The molecule has 4 aliphatic rings. The Morgan fingerprint density at radius 2 is 1.67 bits per heavy atom. The topological polar surface area (TPSA) is 104 Å². The lowest BCUT2D eigenvalue weighted by molar-refractivity contribution is -0.147. The van der Waals surface area contributed by atoms with E-state index in [9.17, 15) is 14.7 Å². The minimum Gasteiger partial charge on any atom is -0.493 e. The summed E-state index contributed by atoms with van der Waals surface area (Å²) < 4.78 is 5.70. The molecule has 254 valence electrons. The standard InChI is InChI=1S/C24H40O3.C15H22O3/c1-15(4-9-22(26)27)19-7-8-20-18-6-5-16-14-17(25)10-12-23(16,2)21(18)11-13-24(19,20)3;1-11-6-7-12(2)13(10-11)18-9-5-8-15(3,4)14(16)17/h15-21,25H,4-14H2,1-3H3,(H,26,27);6-7,10H,5,8-9H2,1-4H3,(H,16,17)/t15-,16-,17-,18+,19-,20+,21+,23+,24-;/m1./s1. The molecule has 0 amide bonds. The van der Waals surface area contributed by atoms with Crippen LogP contribution in [-0.4, -0.2) is 40.0 Å². The van der Waals surface area contributed by atoms with Crippen LogP contribution in [0.1, 0.15) is 129 Å². The molecule has 6 nitrogen and oxygen atoms in total. The summed E-state index contributed by atoms with van der Waals surface area (Å²) >= 11 is 0. The van der Waals surface area contributed by atoms with Gasteiger partial charge in [-0.25, -0.2) is 0 Å². The lowest BCUT2D eigenvalue weighted by Gasteiger charge is -2.61. The van der Waals surface area contributed by atoms with Crippen LogP contribution in [0.2, 0.25) is 0 Å². The number of hydrogen-bond donors (Lipinski definition) is 3. The number of fused-ring (bicyclic) bond motifs is 5. The first-order chi connectivity index (χ1) is 21.1. The minimum absolute atomic E-state index is 0.0561. The molecule has 0 heterocycles. The summed E-state index contributed by atoms with van der Waals surface area (Å²) in [5, 5.41) is 28.3. The number of ether oxygens (including phenoxy) is 1. The Balaban J connectivity index is 0.000000224. The molecular weight excluding hydrogens is 564 g/mol. The number of hydrogen-bond acceptors (Lipinski definition) is 4. The second-order valence-electron chi connectivity index (χ2n) is 16.6. The van der Waals surface area contributed by atoms with Gasteiger partial charge in [-0.3, -0.25) is 9.59 Å². The number of aryl methyl sites for hydroxylation is 2. The molecule has 0 aromatic heterocycles. The first-order valence-electron chi connectivity index (χ1n) is 17.9. The number of benzene rings is 1. The van der Waals surface area contributed by atoms with Crippen molar-refractivity contribution in [2.24, 2.45) is 51.8 Å². The lowest BCUT2D eigenvalue weighted by Crippen LogP contribution is -2.54. The fraction of sp³-hybridized carbons (Fsp3) is 0.795. The summed E-state index contributed by atoms with van der Waals surface area (Å²) in [6, 6.07) is 6.10. The summed E-state index contributed by atoms with van der Waals surface area (Å²) in [6.07, 6.45) is 13.8. The van der Waals surface area contributed by atoms with Crippen LogP contribution < -0.4 is 4.74 Å². The van der Waals surface area contributed by atoms with E-state index in [0.29, 0.717) is 42.1 Å². The molecule has 5 rings (SSSR count). The van der Waals surface area contributed by atoms with Gasteiger partial charge in [0, 0.05) is 6.42 Å². The van der Waals surface area contributed by atoms with Gasteiger partial charge in [0.15, 0.2) is 0 Å². The van der Waals surface area contributed by atoms with E-state index in [1.807, 2.05) is 26.0 Å². The van der Waals surface area contributed by atoms with Crippen molar-refractivity contribution in [3.8, 4) is 5.75 Å². The molecule has 4 aliphatic carbocycles. The summed E-state index contributed by atoms with van der Waals surface area (Å²) in [5.74, 6) is 4.04. The number of rotatable bonds is 10. The molecule has 0 spiro atoms. The fourth-order valence-corrected chi connectivity index (χ4v) is 10.4. The van der Waals surface area contributed by atoms with E-state index in [4.69, 9.17) is 14.9 Å². The predicted octanol–water partition coefficient (Wildman–Crippen LogP) is 9.08. The van der Waals surface area contributed by atoms with Gasteiger partial charge in [-0.2, -0.15) is 0 Å². The highest BCUT2D eigenvalue weighted by molar-refractivity contribution is 5.73. The van der Waals surface area contributed by atoms with E-state index in [0.717, 1.165) is 60.7 Å². The van der Waals surface area contributed by atoms with E-state index in [2.05, 4.69) is 26.8 Å². The Morgan fingerprint density at radius 1 is 0.978 bits per heavy atom. The lowest BCUT2D eigenvalue weighted by atomic mass is 9.44. The summed E-state index contributed by atoms with van der Waals surface area (Å²) in [4.78, 5) is 22.0. The Kier molecular flexibility index (Phi) is 11.4. The van der Waals surface area contributed by atoms with E-state index < -0.39 is 17.4 Å². The second kappa shape index (κ2) is 14.4. The zero-order chi connectivity index (χ0) is 33.2. The number of carbonyl (C=O) groups is 2. The van der Waals surface area contributed by atoms with Crippen LogP contribution in [0.15, 0.2) is 18.2 Å². The van der Waals surface area contributed by atoms with Gasteiger partial charge in [-0.1, -0.05) is 32.9 Å². The van der Waals surface area contributed by atoms with Crippen molar-refractivity contribution in [2.75, 3.05) is 6.61 Å².